The van der Waals surface area contributed by atoms with Crippen LogP contribution in [0.5, 0.6) is 11.5 Å². The Kier molecular flexibility index (Phi) is 5.40. The Bertz CT molecular complexity index is 1400. The number of halogens is 2. The zero-order valence-corrected chi connectivity index (χ0v) is 18.0. The topological polar surface area (TPSA) is 100 Å². The summed E-state index contributed by atoms with van der Waals surface area (Å²) in [5.41, 5.74) is 1.91. The third-order valence-electron chi connectivity index (χ3n) is 5.68. The van der Waals surface area contributed by atoms with Crippen LogP contribution in [0, 0.1) is 24.5 Å². The fourth-order valence-electron chi connectivity index (χ4n) is 3.96. The molecule has 1 fully saturated rings. The Morgan fingerprint density at radius 2 is 1.94 bits per heavy atom. The van der Waals surface area contributed by atoms with Gasteiger partial charge in [0.15, 0.2) is 17.2 Å². The number of nitrogens with one attached hydrogen (secondary N) is 2. The van der Waals surface area contributed by atoms with Gasteiger partial charge in [-0.25, -0.2) is 13.8 Å². The molecule has 4 aromatic rings. The number of nitrogens with zero attached hydrogens (tertiary/aromatic N) is 3. The van der Waals surface area contributed by atoms with Gasteiger partial charge in [-0.15, -0.1) is 0 Å². The maximum Gasteiger partial charge on any atom is 0.239 e. The molecule has 2 aromatic carbocycles. The van der Waals surface area contributed by atoms with Gasteiger partial charge in [0.05, 0.1) is 5.39 Å². The number of hydrogen-bond donors (Lipinski definition) is 2. The number of rotatable bonds is 5. The molecule has 2 aromatic heterocycles. The lowest BCUT2D eigenvalue weighted by Gasteiger charge is -2.17. The molecule has 1 aliphatic rings. The van der Waals surface area contributed by atoms with Gasteiger partial charge in [0, 0.05) is 35.9 Å². The Morgan fingerprint density at radius 1 is 1.15 bits per heavy atom. The van der Waals surface area contributed by atoms with Gasteiger partial charge >= 0.3 is 0 Å². The normalized spacial score (nSPS) is 15.7. The number of aromatic amines is 1. The minimum atomic E-state index is -0.918. The largest absolute Gasteiger partial charge is 0.453 e. The zero-order valence-electron chi connectivity index (χ0n) is 18.0. The van der Waals surface area contributed by atoms with E-state index < -0.39 is 23.5 Å². The van der Waals surface area contributed by atoms with Gasteiger partial charge in [-0.1, -0.05) is 0 Å². The second kappa shape index (κ2) is 8.54. The molecule has 5 rings (SSSR count). The maximum absolute atomic E-state index is 14.8. The minimum absolute atomic E-state index is 0.0365. The first-order valence-corrected chi connectivity index (χ1v) is 10.6. The predicted octanol–water partition coefficient (Wildman–Crippen LogP) is 4.33. The van der Waals surface area contributed by atoms with E-state index in [4.69, 9.17) is 4.74 Å². The standard InChI is InChI=1S/C24H19F2N5O3/c1-13-21-20(8-10-27-22(21)30-29-13)34-19-7-4-15(12-18(19)26)28-23(32)17-9-11-31(24(17)33)16-5-2-14(25)3-6-16/h2-8,10,12,17H,9,11H2,1H3,(H,28,32)(H,27,29,30). The van der Waals surface area contributed by atoms with Gasteiger partial charge in [0.25, 0.3) is 0 Å². The first kappa shape index (κ1) is 21.5. The van der Waals surface area contributed by atoms with E-state index in [0.717, 1.165) is 11.8 Å². The molecule has 1 unspecified atom stereocenters. The highest BCUT2D eigenvalue weighted by molar-refractivity contribution is 6.13. The van der Waals surface area contributed by atoms with Crippen molar-refractivity contribution in [2.75, 3.05) is 16.8 Å². The quantitative estimate of drug-likeness (QED) is 0.429. The van der Waals surface area contributed by atoms with Crippen LogP contribution in [0.1, 0.15) is 12.1 Å². The summed E-state index contributed by atoms with van der Waals surface area (Å²) < 4.78 is 33.7. The fraction of sp³-hybridized carbons (Fsp3) is 0.167. The van der Waals surface area contributed by atoms with Crippen LogP contribution in [-0.4, -0.2) is 33.5 Å². The van der Waals surface area contributed by atoms with Crippen molar-refractivity contribution in [3.05, 3.63) is 72.1 Å². The number of H-pyrrole nitrogens is 1. The van der Waals surface area contributed by atoms with Crippen molar-refractivity contribution in [1.29, 1.82) is 0 Å². The molecular formula is C24H19F2N5O3. The summed E-state index contributed by atoms with van der Waals surface area (Å²) in [6.45, 7) is 2.14. The lowest BCUT2D eigenvalue weighted by molar-refractivity contribution is -0.129. The van der Waals surface area contributed by atoms with Crippen LogP contribution in [-0.2, 0) is 9.59 Å². The van der Waals surface area contributed by atoms with E-state index >= 15 is 0 Å². The number of benzene rings is 2. The smallest absolute Gasteiger partial charge is 0.239 e. The number of aryl methyl sites for hydroxylation is 1. The lowest BCUT2D eigenvalue weighted by Crippen LogP contribution is -2.33. The molecule has 10 heteroatoms. The molecule has 34 heavy (non-hydrogen) atoms. The summed E-state index contributed by atoms with van der Waals surface area (Å²) in [5.74, 6) is -2.58. The maximum atomic E-state index is 14.8. The Hall–Kier alpha value is -4.34. The van der Waals surface area contributed by atoms with Gasteiger partial charge in [-0.2, -0.15) is 5.10 Å². The fourth-order valence-corrected chi connectivity index (χ4v) is 3.96. The van der Waals surface area contributed by atoms with Crippen LogP contribution in [0.2, 0.25) is 0 Å². The molecule has 0 bridgehead atoms. The van der Waals surface area contributed by atoms with E-state index in [1.54, 1.807) is 13.0 Å². The monoisotopic (exact) mass is 463 g/mol. The van der Waals surface area contributed by atoms with Crippen molar-refractivity contribution in [1.82, 2.24) is 15.2 Å². The van der Waals surface area contributed by atoms with Crippen molar-refractivity contribution in [2.45, 2.75) is 13.3 Å². The Balaban J connectivity index is 1.28. The highest BCUT2D eigenvalue weighted by Crippen LogP contribution is 2.33. The number of ether oxygens (including phenoxy) is 1. The summed E-state index contributed by atoms with van der Waals surface area (Å²) in [7, 11) is 0. The number of pyridine rings is 1. The van der Waals surface area contributed by atoms with E-state index in [0.29, 0.717) is 35.4 Å². The Morgan fingerprint density at radius 3 is 2.71 bits per heavy atom. The number of anilines is 2. The minimum Gasteiger partial charge on any atom is -0.453 e. The molecule has 172 valence electrons. The van der Waals surface area contributed by atoms with Gasteiger partial charge in [0.2, 0.25) is 11.8 Å². The highest BCUT2D eigenvalue weighted by Gasteiger charge is 2.37. The first-order valence-electron chi connectivity index (χ1n) is 10.6. The molecule has 8 nitrogen and oxygen atoms in total. The molecule has 0 spiro atoms. The summed E-state index contributed by atoms with van der Waals surface area (Å²) in [6.07, 6.45) is 1.81. The number of aromatic nitrogens is 3. The predicted molar refractivity (Wildman–Crippen MR) is 121 cm³/mol. The first-order chi connectivity index (χ1) is 16.4. The molecule has 1 saturated heterocycles. The molecule has 0 saturated carbocycles. The molecule has 0 radical (unpaired) electrons. The summed E-state index contributed by atoms with van der Waals surface area (Å²) in [5, 5.41) is 10.1. The summed E-state index contributed by atoms with van der Waals surface area (Å²) >= 11 is 0. The number of carbonyl (C=O) groups excluding carboxylic acids is 2. The summed E-state index contributed by atoms with van der Waals surface area (Å²) in [6, 6.07) is 11.1. The van der Waals surface area contributed by atoms with E-state index in [1.807, 2.05) is 0 Å². The van der Waals surface area contributed by atoms with Crippen LogP contribution in [0.3, 0.4) is 0 Å². The third kappa shape index (κ3) is 3.94. The lowest BCUT2D eigenvalue weighted by atomic mass is 10.1. The van der Waals surface area contributed by atoms with Gasteiger partial charge in [0.1, 0.15) is 17.5 Å². The van der Waals surface area contributed by atoms with Gasteiger partial charge < -0.3 is 15.0 Å². The van der Waals surface area contributed by atoms with Crippen LogP contribution in [0.15, 0.2) is 54.7 Å². The average molecular weight is 463 g/mol. The van der Waals surface area contributed by atoms with Crippen LogP contribution in [0.25, 0.3) is 11.0 Å². The van der Waals surface area contributed by atoms with Crippen molar-refractivity contribution >= 4 is 34.2 Å². The zero-order chi connectivity index (χ0) is 23.8. The highest BCUT2D eigenvalue weighted by atomic mass is 19.1. The molecule has 2 N–H and O–H groups in total. The van der Waals surface area contributed by atoms with Crippen molar-refractivity contribution in [3.63, 3.8) is 0 Å². The third-order valence-corrected chi connectivity index (χ3v) is 5.68. The molecule has 1 atom stereocenters. The van der Waals surface area contributed by atoms with E-state index in [-0.39, 0.29) is 17.3 Å². The van der Waals surface area contributed by atoms with Crippen LogP contribution in [0.4, 0.5) is 20.2 Å². The number of fused-ring (bicyclic) bond motifs is 1. The molecule has 2 amide bonds. The van der Waals surface area contributed by atoms with E-state index in [1.165, 1.54) is 47.5 Å². The van der Waals surface area contributed by atoms with E-state index in [9.17, 15) is 18.4 Å². The molecular weight excluding hydrogens is 444 g/mol. The van der Waals surface area contributed by atoms with Crippen LogP contribution < -0.4 is 15.0 Å². The Labute approximate surface area is 192 Å². The number of amides is 2. The average Bonchev–Trinajstić information content (AvgIpc) is 3.39. The van der Waals surface area contributed by atoms with E-state index in [2.05, 4.69) is 20.5 Å². The van der Waals surface area contributed by atoms with Crippen molar-refractivity contribution < 1.29 is 23.1 Å². The molecule has 1 aliphatic heterocycles. The number of carbonyl (C=O) groups is 2. The van der Waals surface area contributed by atoms with Gasteiger partial charge in [-0.05, 0) is 55.8 Å². The SMILES string of the molecule is Cc1[nH]nc2nccc(Oc3ccc(NC(=O)C4CCN(c5ccc(F)cc5)C4=O)cc3F)c12. The second-order valence-electron chi connectivity index (χ2n) is 7.90. The van der Waals surface area contributed by atoms with Crippen LogP contribution >= 0.6 is 0 Å². The second-order valence-corrected chi connectivity index (χ2v) is 7.90. The van der Waals surface area contributed by atoms with Crippen molar-refractivity contribution in [2.24, 2.45) is 5.92 Å². The van der Waals surface area contributed by atoms with Gasteiger partial charge in [-0.3, -0.25) is 14.7 Å². The number of hydrogen-bond acceptors (Lipinski definition) is 5. The summed E-state index contributed by atoms with van der Waals surface area (Å²) in [4.78, 5) is 31.0. The molecule has 0 aliphatic carbocycles. The molecule has 3 heterocycles. The van der Waals surface area contributed by atoms with Crippen molar-refractivity contribution in [3.8, 4) is 11.5 Å².